The molecule has 38 heavy (non-hydrogen) atoms. The van der Waals surface area contributed by atoms with Crippen molar-refractivity contribution in [1.29, 1.82) is 0 Å². The molecule has 3 atom stereocenters. The summed E-state index contributed by atoms with van der Waals surface area (Å²) in [5.41, 5.74) is -0.622. The second-order valence-electron chi connectivity index (χ2n) is 9.55. The Bertz CT molecular complexity index is 1430. The van der Waals surface area contributed by atoms with Crippen molar-refractivity contribution in [3.8, 4) is 11.1 Å². The van der Waals surface area contributed by atoms with Crippen LogP contribution in [0.15, 0.2) is 58.8 Å². The molecule has 0 bridgehead atoms. The van der Waals surface area contributed by atoms with Crippen LogP contribution in [0.2, 0.25) is 5.02 Å². The minimum Gasteiger partial charge on any atom is -0.380 e. The number of hydrogen-bond donors (Lipinski definition) is 1. The minimum atomic E-state index is -4.10. The standard InChI is InChI=1S/C26H32ClFN2O6S2/c1-18(11-14-37(4,32)33)29-25(31)26(28)12-13-30(19(2)16-26)38(34,35)24-10-9-20(17-36-3)15-22(24)21-7-5-6-8-23(21)27/h5-11,14-15,18-19H,12-13,16-17H2,1-4H3,(H,29,31)/b14-11-/t18-,19-,26+/m1/s1. The van der Waals surface area contributed by atoms with E-state index in [-0.39, 0.29) is 30.9 Å². The van der Waals surface area contributed by atoms with Gasteiger partial charge < -0.3 is 10.1 Å². The molecule has 208 valence electrons. The Hall–Kier alpha value is -2.31. The second kappa shape index (κ2) is 11.8. The molecule has 0 radical (unpaired) electrons. The Morgan fingerprint density at radius 2 is 1.92 bits per heavy atom. The van der Waals surface area contributed by atoms with Gasteiger partial charge in [0, 0.05) is 66.4 Å². The molecule has 1 aliphatic heterocycles. The molecular weight excluding hydrogens is 555 g/mol. The van der Waals surface area contributed by atoms with E-state index in [1.54, 1.807) is 43.3 Å². The fourth-order valence-electron chi connectivity index (χ4n) is 4.46. The molecule has 2 aromatic carbocycles. The van der Waals surface area contributed by atoms with Crippen molar-refractivity contribution in [1.82, 2.24) is 9.62 Å². The lowest BCUT2D eigenvalue weighted by molar-refractivity contribution is -0.136. The van der Waals surface area contributed by atoms with E-state index < -0.39 is 43.5 Å². The third kappa shape index (κ3) is 7.01. The Balaban J connectivity index is 1.88. The molecule has 1 saturated heterocycles. The molecule has 1 N–H and O–H groups in total. The summed E-state index contributed by atoms with van der Waals surface area (Å²) in [4.78, 5) is 12.8. The average molecular weight is 587 g/mol. The van der Waals surface area contributed by atoms with Gasteiger partial charge in [-0.3, -0.25) is 4.79 Å². The van der Waals surface area contributed by atoms with E-state index in [0.717, 1.165) is 17.2 Å². The SMILES string of the molecule is COCc1ccc(S(=O)(=O)N2CC[C@@](F)(C(=O)N[C@H](C)/C=C\S(C)(=O)=O)C[C@H]2C)c(-c2ccccc2Cl)c1. The quantitative estimate of drug-likeness (QED) is 0.474. The number of nitrogens with one attached hydrogen (secondary N) is 1. The van der Waals surface area contributed by atoms with Gasteiger partial charge in [0.2, 0.25) is 10.0 Å². The summed E-state index contributed by atoms with van der Waals surface area (Å²) >= 11 is 6.41. The van der Waals surface area contributed by atoms with Gasteiger partial charge in [-0.15, -0.1) is 0 Å². The Kier molecular flexibility index (Phi) is 9.41. The molecule has 0 spiro atoms. The molecule has 1 aliphatic rings. The third-order valence-corrected chi connectivity index (χ3v) is 9.38. The zero-order valence-electron chi connectivity index (χ0n) is 21.6. The second-order valence-corrected chi connectivity index (χ2v) is 13.7. The van der Waals surface area contributed by atoms with Crippen LogP contribution in [0.1, 0.15) is 32.3 Å². The lowest BCUT2D eigenvalue weighted by atomic mass is 9.89. The number of sulfonamides is 1. The molecule has 3 rings (SSSR count). The largest absolute Gasteiger partial charge is 0.380 e. The molecule has 2 aromatic rings. The normalized spacial score (nSPS) is 21.9. The first kappa shape index (κ1) is 30.2. The van der Waals surface area contributed by atoms with Gasteiger partial charge in [-0.1, -0.05) is 41.9 Å². The summed E-state index contributed by atoms with van der Waals surface area (Å²) in [6.45, 7) is 3.13. The molecular formula is C26H32ClFN2O6S2. The number of amides is 1. The van der Waals surface area contributed by atoms with Gasteiger partial charge >= 0.3 is 0 Å². The number of ether oxygens (including phenoxy) is 1. The molecule has 0 aromatic heterocycles. The highest BCUT2D eigenvalue weighted by Crippen LogP contribution is 2.39. The number of nitrogens with zero attached hydrogens (tertiary/aromatic N) is 1. The molecule has 1 heterocycles. The van der Waals surface area contributed by atoms with E-state index in [9.17, 15) is 21.6 Å². The zero-order valence-corrected chi connectivity index (χ0v) is 24.0. The number of carbonyl (C=O) groups is 1. The maximum Gasteiger partial charge on any atom is 0.258 e. The zero-order chi connectivity index (χ0) is 28.3. The molecule has 12 heteroatoms. The van der Waals surface area contributed by atoms with Crippen molar-refractivity contribution in [2.24, 2.45) is 0 Å². The number of alkyl halides is 1. The Morgan fingerprint density at radius 3 is 2.53 bits per heavy atom. The van der Waals surface area contributed by atoms with Gasteiger partial charge in [0.1, 0.15) is 0 Å². The number of hydrogen-bond acceptors (Lipinski definition) is 6. The maximum atomic E-state index is 15.7. The van der Waals surface area contributed by atoms with E-state index in [1.165, 1.54) is 30.5 Å². The average Bonchev–Trinajstić information content (AvgIpc) is 2.82. The van der Waals surface area contributed by atoms with Crippen LogP contribution in [0.25, 0.3) is 11.1 Å². The molecule has 1 fully saturated rings. The predicted octanol–water partition coefficient (Wildman–Crippen LogP) is 4.10. The van der Waals surface area contributed by atoms with Crippen LogP contribution in [0.3, 0.4) is 0 Å². The summed E-state index contributed by atoms with van der Waals surface area (Å²) in [5, 5.41) is 3.78. The first-order valence-electron chi connectivity index (χ1n) is 11.9. The van der Waals surface area contributed by atoms with Crippen LogP contribution < -0.4 is 5.32 Å². The van der Waals surface area contributed by atoms with Crippen molar-refractivity contribution in [2.45, 2.75) is 55.9 Å². The predicted molar refractivity (Wildman–Crippen MR) is 146 cm³/mol. The Morgan fingerprint density at radius 1 is 1.24 bits per heavy atom. The van der Waals surface area contributed by atoms with Crippen molar-refractivity contribution >= 4 is 37.4 Å². The van der Waals surface area contributed by atoms with Crippen LogP contribution in [-0.2, 0) is 36.0 Å². The molecule has 0 aliphatic carbocycles. The number of benzene rings is 2. The summed E-state index contributed by atoms with van der Waals surface area (Å²) in [7, 11) is -5.97. The smallest absolute Gasteiger partial charge is 0.258 e. The fourth-order valence-corrected chi connectivity index (χ4v) is 7.04. The van der Waals surface area contributed by atoms with Gasteiger partial charge in [0.15, 0.2) is 15.5 Å². The fraction of sp³-hybridized carbons (Fsp3) is 0.423. The first-order chi connectivity index (χ1) is 17.7. The van der Waals surface area contributed by atoms with Crippen LogP contribution >= 0.6 is 11.6 Å². The topological polar surface area (TPSA) is 110 Å². The van der Waals surface area contributed by atoms with Crippen molar-refractivity contribution in [3.05, 3.63) is 64.5 Å². The summed E-state index contributed by atoms with van der Waals surface area (Å²) in [6.07, 6.45) is 1.55. The van der Waals surface area contributed by atoms with E-state index in [4.69, 9.17) is 16.3 Å². The van der Waals surface area contributed by atoms with Gasteiger partial charge in [0.25, 0.3) is 5.91 Å². The van der Waals surface area contributed by atoms with E-state index in [0.29, 0.717) is 16.1 Å². The summed E-state index contributed by atoms with van der Waals surface area (Å²) in [6, 6.07) is 10.2. The summed E-state index contributed by atoms with van der Waals surface area (Å²) < 4.78 is 72.5. The number of carbonyl (C=O) groups excluding carboxylic acids is 1. The maximum absolute atomic E-state index is 15.7. The Labute approximate surface area is 228 Å². The monoisotopic (exact) mass is 586 g/mol. The number of sulfone groups is 1. The molecule has 0 unspecified atom stereocenters. The molecule has 0 saturated carbocycles. The van der Waals surface area contributed by atoms with Crippen LogP contribution in [-0.4, -0.2) is 64.7 Å². The highest BCUT2D eigenvalue weighted by Gasteiger charge is 2.48. The lowest BCUT2D eigenvalue weighted by Gasteiger charge is -2.40. The van der Waals surface area contributed by atoms with Gasteiger partial charge in [-0.05, 0) is 37.6 Å². The molecule has 8 nitrogen and oxygen atoms in total. The number of piperidine rings is 1. The first-order valence-corrected chi connectivity index (χ1v) is 15.7. The van der Waals surface area contributed by atoms with E-state index in [2.05, 4.69) is 5.32 Å². The number of halogens is 2. The van der Waals surface area contributed by atoms with Gasteiger partial charge in [-0.2, -0.15) is 4.31 Å². The number of methoxy groups -OCH3 is 1. The summed E-state index contributed by atoms with van der Waals surface area (Å²) in [5.74, 6) is -0.910. The lowest BCUT2D eigenvalue weighted by Crippen LogP contribution is -2.56. The highest BCUT2D eigenvalue weighted by atomic mass is 35.5. The van der Waals surface area contributed by atoms with Crippen molar-refractivity contribution in [3.63, 3.8) is 0 Å². The van der Waals surface area contributed by atoms with Crippen LogP contribution in [0, 0.1) is 0 Å². The van der Waals surface area contributed by atoms with Gasteiger partial charge in [-0.25, -0.2) is 21.2 Å². The van der Waals surface area contributed by atoms with Crippen LogP contribution in [0.5, 0.6) is 0 Å². The highest BCUT2D eigenvalue weighted by molar-refractivity contribution is 7.93. The van der Waals surface area contributed by atoms with Crippen molar-refractivity contribution < 1.29 is 30.8 Å². The number of rotatable bonds is 9. The molecule has 1 amide bonds. The minimum absolute atomic E-state index is 0.0210. The van der Waals surface area contributed by atoms with Crippen LogP contribution in [0.4, 0.5) is 4.39 Å². The van der Waals surface area contributed by atoms with Gasteiger partial charge in [0.05, 0.1) is 11.5 Å². The van der Waals surface area contributed by atoms with E-state index >= 15 is 4.39 Å². The van der Waals surface area contributed by atoms with E-state index in [1.807, 2.05) is 0 Å². The van der Waals surface area contributed by atoms with Crippen molar-refractivity contribution in [2.75, 3.05) is 19.9 Å². The third-order valence-electron chi connectivity index (χ3n) is 6.32.